The second kappa shape index (κ2) is 5.17. The van der Waals surface area contributed by atoms with Crippen LogP contribution < -0.4 is 0 Å². The van der Waals surface area contributed by atoms with Crippen molar-refractivity contribution < 1.29 is 4.39 Å². The van der Waals surface area contributed by atoms with E-state index in [1.165, 1.54) is 17.4 Å². The van der Waals surface area contributed by atoms with Gasteiger partial charge >= 0.3 is 0 Å². The van der Waals surface area contributed by atoms with Gasteiger partial charge in [0.25, 0.3) is 0 Å². The highest BCUT2D eigenvalue weighted by Crippen LogP contribution is 2.40. The summed E-state index contributed by atoms with van der Waals surface area (Å²) < 4.78 is 15.2. The molecule has 1 aromatic carbocycles. The molecule has 0 aliphatic rings. The third kappa shape index (κ3) is 2.50. The van der Waals surface area contributed by atoms with E-state index in [0.29, 0.717) is 9.90 Å². The molecule has 5 heteroatoms. The van der Waals surface area contributed by atoms with Gasteiger partial charge in [0.05, 0.1) is 9.16 Å². The van der Waals surface area contributed by atoms with Crippen molar-refractivity contribution in [2.45, 2.75) is 4.83 Å². The van der Waals surface area contributed by atoms with E-state index >= 15 is 0 Å². The van der Waals surface area contributed by atoms with E-state index in [9.17, 15) is 4.39 Å². The minimum atomic E-state index is -0.235. The van der Waals surface area contributed by atoms with E-state index in [-0.39, 0.29) is 10.6 Å². The topological polar surface area (TPSA) is 0 Å². The summed E-state index contributed by atoms with van der Waals surface area (Å²) in [6.45, 7) is 0. The SMILES string of the molecule is Fc1cccc(Br)c1C(Br)c1ccc(Cl)s1. The van der Waals surface area contributed by atoms with Crippen LogP contribution in [0.4, 0.5) is 4.39 Å². The van der Waals surface area contributed by atoms with Crippen LogP contribution in [0.25, 0.3) is 0 Å². The highest BCUT2D eigenvalue weighted by Gasteiger charge is 2.19. The number of alkyl halides is 1. The fraction of sp³-hybridized carbons (Fsp3) is 0.0909. The molecule has 2 rings (SSSR count). The van der Waals surface area contributed by atoms with Gasteiger partial charge in [-0.3, -0.25) is 0 Å². The van der Waals surface area contributed by atoms with E-state index in [1.807, 2.05) is 18.2 Å². The minimum absolute atomic E-state index is 0.180. The second-order valence-electron chi connectivity index (χ2n) is 3.14. The van der Waals surface area contributed by atoms with Gasteiger partial charge in [0, 0.05) is 14.9 Å². The quantitative estimate of drug-likeness (QED) is 0.575. The summed E-state index contributed by atoms with van der Waals surface area (Å²) in [4.78, 5) is 0.802. The van der Waals surface area contributed by atoms with Crippen LogP contribution in [0, 0.1) is 5.82 Å². The Morgan fingerprint density at radius 3 is 2.56 bits per heavy atom. The number of benzene rings is 1. The van der Waals surface area contributed by atoms with Crippen molar-refractivity contribution in [2.24, 2.45) is 0 Å². The van der Waals surface area contributed by atoms with Crippen LogP contribution in [0.5, 0.6) is 0 Å². The maximum absolute atomic E-state index is 13.7. The Balaban J connectivity index is 2.45. The van der Waals surface area contributed by atoms with Crippen molar-refractivity contribution in [3.05, 3.63) is 55.4 Å². The molecule has 0 aliphatic heterocycles. The number of rotatable bonds is 2. The maximum atomic E-state index is 13.7. The molecular weight excluding hydrogens is 378 g/mol. The van der Waals surface area contributed by atoms with Gasteiger partial charge in [-0.1, -0.05) is 49.5 Å². The molecule has 1 aromatic heterocycles. The molecule has 0 spiro atoms. The van der Waals surface area contributed by atoms with Crippen molar-refractivity contribution in [1.82, 2.24) is 0 Å². The first-order chi connectivity index (χ1) is 7.59. The number of hydrogen-bond acceptors (Lipinski definition) is 1. The van der Waals surface area contributed by atoms with Crippen LogP contribution in [-0.2, 0) is 0 Å². The molecule has 0 saturated carbocycles. The van der Waals surface area contributed by atoms with Crippen molar-refractivity contribution >= 4 is 54.8 Å². The van der Waals surface area contributed by atoms with Crippen LogP contribution in [0.3, 0.4) is 0 Å². The van der Waals surface area contributed by atoms with E-state index in [0.717, 1.165) is 9.35 Å². The lowest BCUT2D eigenvalue weighted by molar-refractivity contribution is 0.612. The summed E-state index contributed by atoms with van der Waals surface area (Å²) in [5.41, 5.74) is 0.598. The van der Waals surface area contributed by atoms with Crippen molar-refractivity contribution in [1.29, 1.82) is 0 Å². The van der Waals surface area contributed by atoms with Crippen LogP contribution in [0.1, 0.15) is 15.3 Å². The number of hydrogen-bond donors (Lipinski definition) is 0. The molecule has 0 bridgehead atoms. The zero-order valence-electron chi connectivity index (χ0n) is 7.88. The van der Waals surface area contributed by atoms with Gasteiger partial charge < -0.3 is 0 Å². The fourth-order valence-electron chi connectivity index (χ4n) is 1.36. The molecule has 84 valence electrons. The van der Waals surface area contributed by atoms with E-state index in [1.54, 1.807) is 6.07 Å². The molecule has 0 saturated heterocycles. The Hall–Kier alpha value is 0.1000. The largest absolute Gasteiger partial charge is 0.207 e. The first-order valence-electron chi connectivity index (χ1n) is 4.43. The molecule has 0 N–H and O–H groups in total. The van der Waals surface area contributed by atoms with Crippen molar-refractivity contribution in [3.8, 4) is 0 Å². The highest BCUT2D eigenvalue weighted by molar-refractivity contribution is 9.11. The van der Waals surface area contributed by atoms with Crippen molar-refractivity contribution in [2.75, 3.05) is 0 Å². The molecular formula is C11H6Br2ClFS. The fourth-order valence-corrected chi connectivity index (χ4v) is 4.18. The van der Waals surface area contributed by atoms with Crippen LogP contribution in [0.2, 0.25) is 4.34 Å². The summed E-state index contributed by atoms with van der Waals surface area (Å²) in [6.07, 6.45) is 0. The summed E-state index contributed by atoms with van der Waals surface area (Å²) in [7, 11) is 0. The molecule has 0 fully saturated rings. The summed E-state index contributed by atoms with van der Waals surface area (Å²) in [5, 5.41) is 0. The standard InChI is InChI=1S/C11H6Br2ClFS/c12-6-2-1-3-7(15)10(6)11(13)8-4-5-9(14)16-8/h1-5,11H. The van der Waals surface area contributed by atoms with Gasteiger partial charge in [-0.15, -0.1) is 11.3 Å². The zero-order chi connectivity index (χ0) is 11.7. The highest BCUT2D eigenvalue weighted by atomic mass is 79.9. The zero-order valence-corrected chi connectivity index (χ0v) is 12.6. The predicted molar refractivity (Wildman–Crippen MR) is 74.2 cm³/mol. The molecule has 2 aromatic rings. The lowest BCUT2D eigenvalue weighted by Gasteiger charge is -2.11. The molecule has 0 radical (unpaired) electrons. The Morgan fingerprint density at radius 2 is 2.00 bits per heavy atom. The molecule has 16 heavy (non-hydrogen) atoms. The Labute approximate surface area is 119 Å². The van der Waals surface area contributed by atoms with Crippen molar-refractivity contribution in [3.63, 3.8) is 0 Å². The molecule has 0 amide bonds. The Bertz CT molecular complexity index is 492. The number of thiophene rings is 1. The summed E-state index contributed by atoms with van der Waals surface area (Å²) in [5.74, 6) is -0.235. The lowest BCUT2D eigenvalue weighted by Crippen LogP contribution is -1.95. The average Bonchev–Trinajstić information content (AvgIpc) is 2.64. The molecule has 0 nitrogen and oxygen atoms in total. The third-order valence-electron chi connectivity index (χ3n) is 2.10. The second-order valence-corrected chi connectivity index (χ2v) is 6.66. The van der Waals surface area contributed by atoms with E-state index in [2.05, 4.69) is 31.9 Å². The Kier molecular flexibility index (Phi) is 4.06. The van der Waals surface area contributed by atoms with Gasteiger partial charge in [-0.2, -0.15) is 0 Å². The van der Waals surface area contributed by atoms with Crippen LogP contribution in [-0.4, -0.2) is 0 Å². The monoisotopic (exact) mass is 382 g/mol. The average molecular weight is 384 g/mol. The van der Waals surface area contributed by atoms with E-state index in [4.69, 9.17) is 11.6 Å². The molecule has 0 aliphatic carbocycles. The van der Waals surface area contributed by atoms with E-state index < -0.39 is 0 Å². The smallest absolute Gasteiger partial charge is 0.129 e. The minimum Gasteiger partial charge on any atom is -0.207 e. The predicted octanol–water partition coefficient (Wildman–Crippen LogP) is 5.79. The number of halogens is 4. The first-order valence-corrected chi connectivity index (χ1v) is 7.33. The normalized spacial score (nSPS) is 12.8. The molecule has 1 atom stereocenters. The third-order valence-corrected chi connectivity index (χ3v) is 5.34. The Morgan fingerprint density at radius 1 is 1.25 bits per heavy atom. The van der Waals surface area contributed by atoms with Gasteiger partial charge in [0.2, 0.25) is 0 Å². The summed E-state index contributed by atoms with van der Waals surface area (Å²) in [6, 6.07) is 8.64. The van der Waals surface area contributed by atoms with Gasteiger partial charge in [0.1, 0.15) is 5.82 Å². The molecule has 1 unspecified atom stereocenters. The summed E-state index contributed by atoms with van der Waals surface area (Å²) >= 11 is 14.1. The lowest BCUT2D eigenvalue weighted by atomic mass is 10.1. The van der Waals surface area contributed by atoms with Crippen LogP contribution in [0.15, 0.2) is 34.8 Å². The van der Waals surface area contributed by atoms with Gasteiger partial charge in [-0.05, 0) is 24.3 Å². The van der Waals surface area contributed by atoms with Crippen LogP contribution >= 0.6 is 54.8 Å². The van der Waals surface area contributed by atoms with Gasteiger partial charge in [-0.25, -0.2) is 4.39 Å². The van der Waals surface area contributed by atoms with Gasteiger partial charge in [0.15, 0.2) is 0 Å². The maximum Gasteiger partial charge on any atom is 0.129 e. The first kappa shape index (κ1) is 12.6. The molecule has 1 heterocycles.